The Morgan fingerprint density at radius 1 is 1.35 bits per heavy atom. The van der Waals surface area contributed by atoms with Gasteiger partial charge >= 0.3 is 0 Å². The van der Waals surface area contributed by atoms with Gasteiger partial charge in [-0.15, -0.1) is 11.3 Å². The fraction of sp³-hybridized carbons (Fsp3) is 0.571. The van der Waals surface area contributed by atoms with Gasteiger partial charge in [-0.2, -0.15) is 5.10 Å². The fourth-order valence-electron chi connectivity index (χ4n) is 1.91. The second-order valence-electron chi connectivity index (χ2n) is 6.15. The zero-order valence-corrected chi connectivity index (χ0v) is 14.8. The van der Waals surface area contributed by atoms with E-state index in [0.29, 0.717) is 5.69 Å². The molecular formula is C14H20BrN3OS. The molecule has 0 spiro atoms. The van der Waals surface area contributed by atoms with Crippen molar-refractivity contribution < 1.29 is 5.11 Å². The maximum atomic E-state index is 10.6. The number of aromatic nitrogens is 3. The summed E-state index contributed by atoms with van der Waals surface area (Å²) in [5.41, 5.74) is 1.44. The van der Waals surface area contributed by atoms with Gasteiger partial charge in [0.25, 0.3) is 0 Å². The van der Waals surface area contributed by atoms with Crippen LogP contribution in [-0.2, 0) is 5.41 Å². The van der Waals surface area contributed by atoms with Crippen LogP contribution in [0.4, 0.5) is 0 Å². The summed E-state index contributed by atoms with van der Waals surface area (Å²) in [6, 6.07) is 0.187. The third-order valence-electron chi connectivity index (χ3n) is 2.98. The molecular weight excluding hydrogens is 338 g/mol. The summed E-state index contributed by atoms with van der Waals surface area (Å²) in [5, 5.41) is 17.9. The molecule has 2 heterocycles. The van der Waals surface area contributed by atoms with Gasteiger partial charge in [0.2, 0.25) is 0 Å². The molecule has 0 fully saturated rings. The predicted octanol–water partition coefficient (Wildman–Crippen LogP) is 4.06. The van der Waals surface area contributed by atoms with E-state index >= 15 is 0 Å². The molecule has 4 nitrogen and oxygen atoms in total. The zero-order chi connectivity index (χ0) is 15.1. The molecule has 0 saturated heterocycles. The van der Waals surface area contributed by atoms with Crippen molar-refractivity contribution >= 4 is 27.3 Å². The number of rotatable bonds is 3. The first kappa shape index (κ1) is 15.7. The number of aliphatic hydroxyl groups is 1. The van der Waals surface area contributed by atoms with Gasteiger partial charge in [-0.25, -0.2) is 4.98 Å². The summed E-state index contributed by atoms with van der Waals surface area (Å²) in [6.07, 6.45) is 0.955. The summed E-state index contributed by atoms with van der Waals surface area (Å²) >= 11 is 5.05. The van der Waals surface area contributed by atoms with E-state index in [9.17, 15) is 5.11 Å². The van der Waals surface area contributed by atoms with E-state index in [0.717, 1.165) is 15.2 Å². The molecule has 6 heteroatoms. The van der Waals surface area contributed by atoms with Crippen LogP contribution in [0.2, 0.25) is 0 Å². The molecule has 2 rings (SSSR count). The monoisotopic (exact) mass is 357 g/mol. The Kier molecular flexibility index (Phi) is 4.37. The van der Waals surface area contributed by atoms with Crippen LogP contribution in [-0.4, -0.2) is 19.9 Å². The van der Waals surface area contributed by atoms with Crippen molar-refractivity contribution in [1.82, 2.24) is 14.8 Å². The predicted molar refractivity (Wildman–Crippen MR) is 85.2 cm³/mol. The summed E-state index contributed by atoms with van der Waals surface area (Å²) < 4.78 is 2.63. The minimum Gasteiger partial charge on any atom is -0.380 e. The lowest BCUT2D eigenvalue weighted by Gasteiger charge is -2.16. The molecule has 1 atom stereocenters. The van der Waals surface area contributed by atoms with E-state index in [4.69, 9.17) is 0 Å². The fourth-order valence-corrected chi connectivity index (χ4v) is 3.33. The quantitative estimate of drug-likeness (QED) is 0.900. The highest BCUT2D eigenvalue weighted by Crippen LogP contribution is 2.33. The van der Waals surface area contributed by atoms with Gasteiger partial charge in [0, 0.05) is 16.8 Å². The lowest BCUT2D eigenvalue weighted by molar-refractivity contribution is 0.200. The van der Waals surface area contributed by atoms with E-state index in [2.05, 4.69) is 46.8 Å². The maximum Gasteiger partial charge on any atom is 0.139 e. The average molecular weight is 358 g/mol. The Morgan fingerprint density at radius 3 is 2.50 bits per heavy atom. The first-order chi connectivity index (χ1) is 9.21. The van der Waals surface area contributed by atoms with Gasteiger partial charge < -0.3 is 5.11 Å². The number of halogens is 1. The van der Waals surface area contributed by atoms with Crippen LogP contribution in [0.1, 0.15) is 63.2 Å². The summed E-state index contributed by atoms with van der Waals surface area (Å²) in [4.78, 5) is 4.59. The number of hydrogen-bond donors (Lipinski definition) is 1. The van der Waals surface area contributed by atoms with Gasteiger partial charge in [0.05, 0.1) is 27.1 Å². The van der Waals surface area contributed by atoms with Crippen molar-refractivity contribution in [3.8, 4) is 0 Å². The minimum absolute atomic E-state index is 0.00182. The van der Waals surface area contributed by atoms with Crippen molar-refractivity contribution in [3.63, 3.8) is 0 Å². The van der Waals surface area contributed by atoms with E-state index in [1.165, 1.54) is 0 Å². The Bertz CT molecular complexity index is 598. The SMILES string of the molecule is CC(C)n1ncc(Br)c1C(O)c1csc(C(C)(C)C)n1. The van der Waals surface area contributed by atoms with Gasteiger partial charge in [0.1, 0.15) is 6.10 Å². The molecule has 0 bridgehead atoms. The molecule has 2 aromatic heterocycles. The summed E-state index contributed by atoms with van der Waals surface area (Å²) in [5.74, 6) is 0. The Hall–Kier alpha value is -0.720. The molecule has 0 aliphatic heterocycles. The van der Waals surface area contributed by atoms with Crippen molar-refractivity contribution in [2.24, 2.45) is 0 Å². The standard InChI is InChI=1S/C14H20BrN3OS/c1-8(2)18-11(9(15)6-16-18)12(19)10-7-20-13(17-10)14(3,4)5/h6-8,12,19H,1-5H3. The van der Waals surface area contributed by atoms with Crippen molar-refractivity contribution in [2.75, 3.05) is 0 Å². The van der Waals surface area contributed by atoms with Crippen LogP contribution in [0.15, 0.2) is 16.0 Å². The maximum absolute atomic E-state index is 10.6. The Labute approximate surface area is 132 Å². The number of hydrogen-bond acceptors (Lipinski definition) is 4. The smallest absolute Gasteiger partial charge is 0.139 e. The van der Waals surface area contributed by atoms with Crippen LogP contribution >= 0.6 is 27.3 Å². The molecule has 20 heavy (non-hydrogen) atoms. The normalized spacial score (nSPS) is 14.0. The van der Waals surface area contributed by atoms with Crippen LogP contribution in [0.3, 0.4) is 0 Å². The first-order valence-corrected chi connectivity index (χ1v) is 8.26. The molecule has 0 aromatic carbocycles. The molecule has 1 unspecified atom stereocenters. The second kappa shape index (κ2) is 5.58. The molecule has 0 aliphatic rings. The van der Waals surface area contributed by atoms with E-state index in [1.54, 1.807) is 17.5 Å². The number of nitrogens with zero attached hydrogens (tertiary/aromatic N) is 3. The molecule has 0 amide bonds. The highest BCUT2D eigenvalue weighted by atomic mass is 79.9. The molecule has 1 N–H and O–H groups in total. The van der Waals surface area contributed by atoms with Gasteiger partial charge in [-0.3, -0.25) is 4.68 Å². The zero-order valence-electron chi connectivity index (χ0n) is 12.4. The first-order valence-electron chi connectivity index (χ1n) is 6.58. The van der Waals surface area contributed by atoms with Crippen LogP contribution in [0.25, 0.3) is 0 Å². The summed E-state index contributed by atoms with van der Waals surface area (Å²) in [7, 11) is 0. The minimum atomic E-state index is -0.762. The molecule has 0 saturated carbocycles. The number of aliphatic hydroxyl groups excluding tert-OH is 1. The van der Waals surface area contributed by atoms with E-state index in [-0.39, 0.29) is 11.5 Å². The molecule has 110 valence electrons. The highest BCUT2D eigenvalue weighted by molar-refractivity contribution is 9.10. The Balaban J connectivity index is 2.39. The second-order valence-corrected chi connectivity index (χ2v) is 7.86. The molecule has 0 radical (unpaired) electrons. The molecule has 2 aromatic rings. The Morgan fingerprint density at radius 2 is 2.00 bits per heavy atom. The topological polar surface area (TPSA) is 50.9 Å². The van der Waals surface area contributed by atoms with E-state index < -0.39 is 6.10 Å². The van der Waals surface area contributed by atoms with Crippen molar-refractivity contribution in [1.29, 1.82) is 0 Å². The highest BCUT2D eigenvalue weighted by Gasteiger charge is 2.25. The number of thiazole rings is 1. The summed E-state index contributed by atoms with van der Waals surface area (Å²) in [6.45, 7) is 10.4. The lowest BCUT2D eigenvalue weighted by atomic mass is 9.98. The van der Waals surface area contributed by atoms with Gasteiger partial charge in [-0.05, 0) is 29.8 Å². The van der Waals surface area contributed by atoms with Crippen LogP contribution in [0.5, 0.6) is 0 Å². The van der Waals surface area contributed by atoms with Crippen LogP contribution in [0, 0.1) is 0 Å². The van der Waals surface area contributed by atoms with Crippen LogP contribution < -0.4 is 0 Å². The average Bonchev–Trinajstić information content (AvgIpc) is 2.93. The van der Waals surface area contributed by atoms with Crippen molar-refractivity contribution in [2.45, 2.75) is 52.2 Å². The van der Waals surface area contributed by atoms with E-state index in [1.807, 2.05) is 23.9 Å². The van der Waals surface area contributed by atoms with Gasteiger partial charge in [0.15, 0.2) is 0 Å². The van der Waals surface area contributed by atoms with Gasteiger partial charge in [-0.1, -0.05) is 20.8 Å². The molecule has 0 aliphatic carbocycles. The third kappa shape index (κ3) is 2.97. The van der Waals surface area contributed by atoms with Crippen molar-refractivity contribution in [3.05, 3.63) is 32.4 Å². The third-order valence-corrected chi connectivity index (χ3v) is 4.88. The lowest BCUT2D eigenvalue weighted by Crippen LogP contribution is -2.14. The largest absolute Gasteiger partial charge is 0.380 e.